The quantitative estimate of drug-likeness (QED) is 0.0832. The van der Waals surface area contributed by atoms with Crippen molar-refractivity contribution in [2.24, 2.45) is 0 Å². The summed E-state index contributed by atoms with van der Waals surface area (Å²) in [5.74, 6) is 0. The van der Waals surface area contributed by atoms with Crippen LogP contribution in [-0.2, 0) is 21.8 Å². The van der Waals surface area contributed by atoms with Gasteiger partial charge in [-0.25, -0.2) is 0 Å². The molecule has 0 saturated carbocycles. The summed E-state index contributed by atoms with van der Waals surface area (Å²) in [6.07, 6.45) is 0. The Labute approximate surface area is 312 Å². The molecule has 0 aliphatic rings. The number of rotatable bonds is 8. The monoisotopic (exact) mass is 1030 g/mol. The van der Waals surface area contributed by atoms with Gasteiger partial charge >= 0.3 is 72.7 Å². The van der Waals surface area contributed by atoms with Crippen LogP contribution in [0.2, 0.25) is 0 Å². The van der Waals surface area contributed by atoms with E-state index in [0.717, 1.165) is 0 Å². The van der Waals surface area contributed by atoms with Gasteiger partial charge in [-0.15, -0.1) is 0 Å². The van der Waals surface area contributed by atoms with Gasteiger partial charge in [0.1, 0.15) is 0 Å². The predicted molar refractivity (Wildman–Crippen MR) is 192 cm³/mol. The molecule has 0 saturated heterocycles. The molecule has 53 heavy (non-hydrogen) atoms. The first-order chi connectivity index (χ1) is 24.2. The van der Waals surface area contributed by atoms with E-state index < -0.39 is 39.0 Å². The fourth-order valence-electron chi connectivity index (χ4n) is 4.49. The van der Waals surface area contributed by atoms with Crippen LogP contribution in [0.15, 0.2) is 209 Å². The summed E-state index contributed by atoms with van der Waals surface area (Å²) in [6.45, 7) is 0. The van der Waals surface area contributed by atoms with E-state index in [1.165, 1.54) is 39.2 Å². The summed E-state index contributed by atoms with van der Waals surface area (Å²) in [6, 6.07) is 61.5. The Morgan fingerprint density at radius 1 is 0.283 bits per heavy atom. The molecular formula is C36H28F12S3Sb2. The summed E-state index contributed by atoms with van der Waals surface area (Å²) < 4.78 is 119. The summed E-state index contributed by atoms with van der Waals surface area (Å²) in [5, 5.41) is 0. The minimum Gasteiger partial charge on any atom is -0.0899 e. The van der Waals surface area contributed by atoms with E-state index >= 15 is 0 Å². The predicted octanol–water partition coefficient (Wildman–Crippen LogP) is 14.3. The van der Waals surface area contributed by atoms with Crippen molar-refractivity contribution in [2.75, 3.05) is 0 Å². The zero-order chi connectivity index (χ0) is 39.1. The van der Waals surface area contributed by atoms with Crippen LogP contribution in [-0.4, -0.2) is 39.0 Å². The molecule has 0 amide bonds. The molecule has 284 valence electrons. The van der Waals surface area contributed by atoms with Crippen molar-refractivity contribution >= 4 is 72.5 Å². The maximum atomic E-state index is 9.93. The van der Waals surface area contributed by atoms with E-state index in [0.29, 0.717) is 0 Å². The van der Waals surface area contributed by atoms with Gasteiger partial charge < -0.3 is 0 Å². The van der Waals surface area contributed by atoms with E-state index in [1.807, 2.05) is 11.8 Å². The second-order valence-corrected chi connectivity index (χ2v) is 27.0. The van der Waals surface area contributed by atoms with E-state index in [9.17, 15) is 33.8 Å². The standard InChI is InChI=1S/C36H28S3.12FH.2Sb/c1-5-15-31(16-6-1)38(32-17-7-2-8-18-32)35-26-24-29(25-27-35)37-30-14-13-23-36(28-30)39(33-19-9-3-10-20-33)34-21-11-4-12-22-34;;;;;;;;;;;;;;/h1-28H;12*1H;;/q+2;;;;;;;;;;;;;2*+5/p-12. The first kappa shape index (κ1) is 42.9. The summed E-state index contributed by atoms with van der Waals surface area (Å²) in [5.41, 5.74) is 0. The molecule has 0 radical (unpaired) electrons. The summed E-state index contributed by atoms with van der Waals surface area (Å²) in [7, 11) is -0.277. The summed E-state index contributed by atoms with van der Waals surface area (Å²) >= 11 is -20.7. The van der Waals surface area contributed by atoms with Gasteiger partial charge in [0.05, 0.1) is 21.8 Å². The largest absolute Gasteiger partial charge is 0.167 e. The van der Waals surface area contributed by atoms with Crippen molar-refractivity contribution in [3.8, 4) is 0 Å². The van der Waals surface area contributed by atoms with Crippen LogP contribution in [0.5, 0.6) is 0 Å². The summed E-state index contributed by atoms with van der Waals surface area (Å²) in [4.78, 5) is 10.5. The third-order valence-corrected chi connectivity index (χ3v) is 11.7. The molecule has 0 N–H and O–H groups in total. The molecule has 0 heterocycles. The third kappa shape index (κ3) is 18.4. The van der Waals surface area contributed by atoms with Gasteiger partial charge in [0, 0.05) is 15.9 Å². The Morgan fingerprint density at radius 3 is 0.868 bits per heavy atom. The molecule has 0 nitrogen and oxygen atoms in total. The second-order valence-electron chi connectivity index (χ2n) is 10.8. The number of halogens is 12. The average molecular weight is 1030 g/mol. The molecule has 0 aromatic heterocycles. The number of benzene rings is 6. The zero-order valence-electron chi connectivity index (χ0n) is 26.8. The van der Waals surface area contributed by atoms with Gasteiger partial charge in [0.25, 0.3) is 0 Å². The molecule has 6 aromatic rings. The molecule has 0 fully saturated rings. The molecule has 0 atom stereocenters. The molecule has 0 unspecified atom stereocenters. The minimum atomic E-state index is -11.2. The number of hydrogen-bond acceptors (Lipinski definition) is 1. The topological polar surface area (TPSA) is 0 Å². The molecule has 0 spiro atoms. The maximum Gasteiger partial charge on any atom is 0.167 e. The molecule has 0 aliphatic carbocycles. The second kappa shape index (κ2) is 15.4. The van der Waals surface area contributed by atoms with Crippen LogP contribution in [0.3, 0.4) is 0 Å². The van der Waals surface area contributed by atoms with Crippen LogP contribution in [0.4, 0.5) is 33.8 Å². The van der Waals surface area contributed by atoms with Crippen LogP contribution >= 0.6 is 11.8 Å². The average Bonchev–Trinajstić information content (AvgIpc) is 3.05. The van der Waals surface area contributed by atoms with Crippen LogP contribution in [0, 0.1) is 0 Å². The van der Waals surface area contributed by atoms with Gasteiger partial charge in [0.2, 0.25) is 0 Å². The van der Waals surface area contributed by atoms with Crippen LogP contribution < -0.4 is 0 Å². The fraction of sp³-hybridized carbons (Fsp3) is 0. The number of hydrogen-bond donors (Lipinski definition) is 0. The molecular weight excluding hydrogens is 1000 g/mol. The normalized spacial score (nSPS) is 14.3. The Morgan fingerprint density at radius 2 is 0.547 bits per heavy atom. The van der Waals surface area contributed by atoms with E-state index in [2.05, 4.69) is 170 Å². The van der Waals surface area contributed by atoms with Crippen LogP contribution in [0.1, 0.15) is 0 Å². The van der Waals surface area contributed by atoms with Crippen molar-refractivity contribution in [1.29, 1.82) is 0 Å². The minimum absolute atomic E-state index is 0.130. The molecule has 17 heteroatoms. The van der Waals surface area contributed by atoms with Crippen molar-refractivity contribution < 1.29 is 33.8 Å². The van der Waals surface area contributed by atoms with Gasteiger partial charge in [-0.1, -0.05) is 90.6 Å². The van der Waals surface area contributed by atoms with Crippen LogP contribution in [0.25, 0.3) is 0 Å². The first-order valence-electron chi connectivity index (χ1n) is 14.9. The Hall–Kier alpha value is -2.83. The van der Waals surface area contributed by atoms with E-state index in [-0.39, 0.29) is 21.8 Å². The van der Waals surface area contributed by atoms with Gasteiger partial charge in [-0.3, -0.25) is 0 Å². The Bertz CT molecular complexity index is 1940. The van der Waals surface area contributed by atoms with Gasteiger partial charge in [-0.2, -0.15) is 0 Å². The van der Waals surface area contributed by atoms with E-state index in [4.69, 9.17) is 0 Å². The Kier molecular flexibility index (Phi) is 12.4. The smallest absolute Gasteiger partial charge is 0.0899 e. The Balaban J connectivity index is 0.000000381. The molecule has 6 aromatic carbocycles. The van der Waals surface area contributed by atoms with Crippen molar-refractivity contribution in [3.05, 3.63) is 170 Å². The maximum absolute atomic E-state index is 11.2. The molecule has 6 rings (SSSR count). The van der Waals surface area contributed by atoms with Gasteiger partial charge in [-0.05, 0) is 84.9 Å². The molecule has 0 bridgehead atoms. The molecule has 0 aliphatic heterocycles. The SMILES string of the molecule is [F][Sb-]([F])([F])([F])([F])[F].[F][Sb-]([F])([F])([F])([F])[F].c1ccc([S+](c2ccccc2)c2ccc(Sc3cccc([S+](c4ccccc4)c4ccccc4)c3)cc2)cc1. The fourth-order valence-corrected chi connectivity index (χ4v) is 9.66. The van der Waals surface area contributed by atoms with Crippen molar-refractivity contribution in [3.63, 3.8) is 0 Å². The third-order valence-electron chi connectivity index (χ3n) is 6.25. The first-order valence-corrected chi connectivity index (χ1v) is 29.8. The van der Waals surface area contributed by atoms with E-state index in [1.54, 1.807) is 0 Å². The van der Waals surface area contributed by atoms with Crippen molar-refractivity contribution in [2.45, 2.75) is 39.2 Å². The zero-order valence-corrected chi connectivity index (χ0v) is 34.4. The van der Waals surface area contributed by atoms with Gasteiger partial charge in [0.15, 0.2) is 29.4 Å². The van der Waals surface area contributed by atoms with Crippen molar-refractivity contribution in [1.82, 2.24) is 0 Å².